The van der Waals surface area contributed by atoms with Gasteiger partial charge in [-0.15, -0.1) is 0 Å². The van der Waals surface area contributed by atoms with E-state index in [9.17, 15) is 0 Å². The van der Waals surface area contributed by atoms with Gasteiger partial charge in [-0.3, -0.25) is 0 Å². The number of nitrogens with one attached hydrogen (secondary N) is 2. The number of benzene rings is 1. The summed E-state index contributed by atoms with van der Waals surface area (Å²) in [5.74, 6) is 2.00. The Balaban J connectivity index is 1.72. The fourth-order valence-electron chi connectivity index (χ4n) is 2.51. The van der Waals surface area contributed by atoms with E-state index in [0.717, 1.165) is 36.7 Å². The van der Waals surface area contributed by atoms with Crippen LogP contribution in [0.2, 0.25) is 10.0 Å². The van der Waals surface area contributed by atoms with E-state index in [0.29, 0.717) is 21.9 Å². The van der Waals surface area contributed by atoms with Crippen molar-refractivity contribution >= 4 is 40.7 Å². The lowest BCUT2D eigenvalue weighted by atomic mass is 10.2. The summed E-state index contributed by atoms with van der Waals surface area (Å²) < 4.78 is 0. The molecule has 0 atom stereocenters. The van der Waals surface area contributed by atoms with Crippen LogP contribution in [0.5, 0.6) is 0 Å². The Hall–Kier alpha value is -1.56. The summed E-state index contributed by atoms with van der Waals surface area (Å²) >= 11 is 12.1. The summed E-state index contributed by atoms with van der Waals surface area (Å²) in [5.41, 5.74) is 1.95. The van der Waals surface area contributed by atoms with E-state index in [1.807, 2.05) is 12.1 Å². The molecule has 1 aromatic heterocycles. The highest BCUT2D eigenvalue weighted by Gasteiger charge is 2.26. The molecule has 0 radical (unpaired) electrons. The SMILES string of the molecule is CN(C)CCCNc1nc(Nc2ccc(Cl)c(Cl)c2)cc(C2CC2)n1. The lowest BCUT2D eigenvalue weighted by molar-refractivity contribution is 0.405. The van der Waals surface area contributed by atoms with E-state index in [-0.39, 0.29) is 0 Å². The molecule has 0 amide bonds. The zero-order valence-corrected chi connectivity index (χ0v) is 16.0. The van der Waals surface area contributed by atoms with E-state index in [2.05, 4.69) is 39.6 Å². The van der Waals surface area contributed by atoms with Gasteiger partial charge >= 0.3 is 0 Å². The van der Waals surface area contributed by atoms with E-state index in [4.69, 9.17) is 23.2 Å². The second-order valence-electron chi connectivity index (χ2n) is 6.61. The number of hydrogen-bond acceptors (Lipinski definition) is 5. The highest BCUT2D eigenvalue weighted by Crippen LogP contribution is 2.40. The lowest BCUT2D eigenvalue weighted by Crippen LogP contribution is -2.17. The molecule has 5 nitrogen and oxygen atoms in total. The maximum atomic E-state index is 6.09. The Morgan fingerprint density at radius 2 is 1.92 bits per heavy atom. The van der Waals surface area contributed by atoms with E-state index < -0.39 is 0 Å². The Bertz CT molecular complexity index is 731. The van der Waals surface area contributed by atoms with Gasteiger partial charge in [-0.2, -0.15) is 4.98 Å². The van der Waals surface area contributed by atoms with Gasteiger partial charge in [0.15, 0.2) is 0 Å². The van der Waals surface area contributed by atoms with Crippen LogP contribution in [0.1, 0.15) is 30.9 Å². The number of anilines is 3. The zero-order chi connectivity index (χ0) is 17.8. The number of rotatable bonds is 8. The Labute approximate surface area is 158 Å². The van der Waals surface area contributed by atoms with Crippen molar-refractivity contribution in [2.75, 3.05) is 37.8 Å². The third kappa shape index (κ3) is 5.46. The highest BCUT2D eigenvalue weighted by molar-refractivity contribution is 6.42. The van der Waals surface area contributed by atoms with Crippen molar-refractivity contribution in [3.8, 4) is 0 Å². The summed E-state index contributed by atoms with van der Waals surface area (Å²) in [7, 11) is 4.15. The van der Waals surface area contributed by atoms with Crippen LogP contribution in [0.3, 0.4) is 0 Å². The van der Waals surface area contributed by atoms with Crippen LogP contribution in [-0.4, -0.2) is 42.1 Å². The predicted molar refractivity (Wildman–Crippen MR) is 105 cm³/mol. The number of aromatic nitrogens is 2. The fourth-order valence-corrected chi connectivity index (χ4v) is 2.81. The van der Waals surface area contributed by atoms with E-state index in [1.54, 1.807) is 12.1 Å². The topological polar surface area (TPSA) is 53.1 Å². The van der Waals surface area contributed by atoms with Gasteiger partial charge in [-0.25, -0.2) is 4.98 Å². The molecule has 1 heterocycles. The van der Waals surface area contributed by atoms with Gasteiger partial charge in [-0.05, 0) is 58.1 Å². The van der Waals surface area contributed by atoms with Crippen LogP contribution >= 0.6 is 23.2 Å². The summed E-state index contributed by atoms with van der Waals surface area (Å²) in [6.45, 7) is 1.88. The van der Waals surface area contributed by atoms with Crippen LogP contribution in [0, 0.1) is 0 Å². The molecule has 1 saturated carbocycles. The van der Waals surface area contributed by atoms with Crippen molar-refractivity contribution in [3.63, 3.8) is 0 Å². The van der Waals surface area contributed by atoms with Crippen LogP contribution in [0.15, 0.2) is 24.3 Å². The van der Waals surface area contributed by atoms with Gasteiger partial charge < -0.3 is 15.5 Å². The van der Waals surface area contributed by atoms with E-state index in [1.165, 1.54) is 12.8 Å². The molecule has 1 aromatic carbocycles. The zero-order valence-electron chi connectivity index (χ0n) is 14.5. The Kier molecular flexibility index (Phi) is 5.99. The summed E-state index contributed by atoms with van der Waals surface area (Å²) in [4.78, 5) is 11.4. The quantitative estimate of drug-likeness (QED) is 0.647. The average Bonchev–Trinajstić information content (AvgIpc) is 3.40. The molecule has 3 rings (SSSR count). The third-order valence-corrected chi connectivity index (χ3v) is 4.74. The standard InChI is InChI=1S/C18H23Cl2N5/c1-25(2)9-3-8-21-18-23-16(12-4-5-12)11-17(24-18)22-13-6-7-14(19)15(20)10-13/h6-7,10-12H,3-5,8-9H2,1-2H3,(H2,21,22,23,24). The van der Waals surface area contributed by atoms with Gasteiger partial charge in [0.1, 0.15) is 5.82 Å². The first-order valence-electron chi connectivity index (χ1n) is 8.51. The van der Waals surface area contributed by atoms with Crippen molar-refractivity contribution in [3.05, 3.63) is 40.0 Å². The maximum absolute atomic E-state index is 6.09. The summed E-state index contributed by atoms with van der Waals surface area (Å²) in [6.07, 6.45) is 3.44. The first-order chi connectivity index (χ1) is 12.0. The van der Waals surface area contributed by atoms with Crippen LogP contribution in [0.25, 0.3) is 0 Å². The molecule has 2 N–H and O–H groups in total. The number of halogens is 2. The molecular formula is C18H23Cl2N5. The Morgan fingerprint density at radius 3 is 2.60 bits per heavy atom. The minimum absolute atomic E-state index is 0.519. The average molecular weight is 380 g/mol. The van der Waals surface area contributed by atoms with Crippen LogP contribution in [0.4, 0.5) is 17.5 Å². The van der Waals surface area contributed by atoms with Crippen molar-refractivity contribution in [1.82, 2.24) is 14.9 Å². The second kappa shape index (κ2) is 8.21. The molecule has 0 saturated heterocycles. The smallest absolute Gasteiger partial charge is 0.224 e. The first-order valence-corrected chi connectivity index (χ1v) is 9.26. The van der Waals surface area contributed by atoms with Crippen molar-refractivity contribution in [2.45, 2.75) is 25.2 Å². The second-order valence-corrected chi connectivity index (χ2v) is 7.43. The summed E-state index contributed by atoms with van der Waals surface area (Å²) in [5, 5.41) is 7.69. The largest absolute Gasteiger partial charge is 0.354 e. The third-order valence-electron chi connectivity index (χ3n) is 4.00. The highest BCUT2D eigenvalue weighted by atomic mass is 35.5. The van der Waals surface area contributed by atoms with Crippen molar-refractivity contribution < 1.29 is 0 Å². The fraction of sp³-hybridized carbons (Fsp3) is 0.444. The molecular weight excluding hydrogens is 357 g/mol. The van der Waals surface area contributed by atoms with Crippen molar-refractivity contribution in [1.29, 1.82) is 0 Å². The minimum Gasteiger partial charge on any atom is -0.354 e. The van der Waals surface area contributed by atoms with Gasteiger partial charge in [0, 0.05) is 24.2 Å². The molecule has 1 aliphatic rings. The predicted octanol–water partition coefficient (Wildman–Crippen LogP) is 4.77. The lowest BCUT2D eigenvalue weighted by Gasteiger charge is -2.13. The monoisotopic (exact) mass is 379 g/mol. The maximum Gasteiger partial charge on any atom is 0.224 e. The Morgan fingerprint density at radius 1 is 1.12 bits per heavy atom. The number of hydrogen-bond donors (Lipinski definition) is 2. The molecule has 0 bridgehead atoms. The molecule has 1 aliphatic carbocycles. The first kappa shape index (κ1) is 18.2. The molecule has 134 valence electrons. The van der Waals surface area contributed by atoms with Gasteiger partial charge in [0.25, 0.3) is 0 Å². The van der Waals surface area contributed by atoms with E-state index >= 15 is 0 Å². The molecule has 1 fully saturated rings. The molecule has 0 aliphatic heterocycles. The molecule has 0 unspecified atom stereocenters. The van der Waals surface area contributed by atoms with Gasteiger partial charge in [0.2, 0.25) is 5.95 Å². The van der Waals surface area contributed by atoms with Crippen LogP contribution in [-0.2, 0) is 0 Å². The van der Waals surface area contributed by atoms with Crippen molar-refractivity contribution in [2.24, 2.45) is 0 Å². The molecule has 0 spiro atoms. The van der Waals surface area contributed by atoms with Gasteiger partial charge in [0.05, 0.1) is 15.7 Å². The minimum atomic E-state index is 0.519. The molecule has 25 heavy (non-hydrogen) atoms. The normalized spacial score (nSPS) is 14.0. The van der Waals surface area contributed by atoms with Crippen LogP contribution < -0.4 is 10.6 Å². The van der Waals surface area contributed by atoms with Gasteiger partial charge in [-0.1, -0.05) is 23.2 Å². The molecule has 2 aromatic rings. The summed E-state index contributed by atoms with van der Waals surface area (Å²) in [6, 6.07) is 7.48. The number of nitrogens with zero attached hydrogens (tertiary/aromatic N) is 3. The molecule has 7 heteroatoms.